The molecular formula is C25H27NO6. The number of hydrogen-bond donors (Lipinski definition) is 2. The Kier molecular flexibility index (Phi) is 5.93. The molecule has 4 rings (SSSR count). The lowest BCUT2D eigenvalue weighted by Crippen LogP contribution is -2.21. The van der Waals surface area contributed by atoms with Gasteiger partial charge in [0.1, 0.15) is 11.4 Å². The number of carbonyl (C=O) groups is 1. The molecule has 7 heteroatoms. The Hall–Kier alpha value is -3.32. The van der Waals surface area contributed by atoms with Gasteiger partial charge < -0.3 is 24.7 Å². The predicted molar refractivity (Wildman–Crippen MR) is 121 cm³/mol. The lowest BCUT2D eigenvalue weighted by atomic mass is 9.92. The van der Waals surface area contributed by atoms with Gasteiger partial charge in [-0.25, -0.2) is 4.79 Å². The van der Waals surface area contributed by atoms with Crippen LogP contribution < -0.4 is 20.8 Å². The second-order valence-electron chi connectivity index (χ2n) is 8.64. The first-order valence-electron chi connectivity index (χ1n) is 10.7. The number of benzene rings is 2. The molecule has 0 atom stereocenters. The van der Waals surface area contributed by atoms with Crippen LogP contribution in [0.1, 0.15) is 45.3 Å². The number of hydrogen-bond acceptors (Lipinski definition) is 6. The molecule has 0 unspecified atom stereocenters. The summed E-state index contributed by atoms with van der Waals surface area (Å²) in [4.78, 5) is 23.9. The third-order valence-electron chi connectivity index (χ3n) is 5.59. The van der Waals surface area contributed by atoms with Gasteiger partial charge in [0.05, 0.1) is 11.5 Å². The number of nitrogens with two attached hydrogens (primary N) is 1. The molecule has 2 aromatic carbocycles. The first-order chi connectivity index (χ1) is 15.2. The van der Waals surface area contributed by atoms with Crippen LogP contribution in [-0.4, -0.2) is 23.7 Å². The number of ether oxygens (including phenoxy) is 2. The van der Waals surface area contributed by atoms with Crippen LogP contribution in [0.15, 0.2) is 51.7 Å². The standard InChI is InChI=1S/C25H27NO6/c1-25(2,29)23-22(17-9-5-6-10-18(17)24(28)32-23)15-11-12-19(31-16-7-3-4-8-16)20(13-15)30-14-21(26)27/h5-6,9-13,16,29H,3-4,7-8,14H2,1-2H3,(H2,26,27). The highest BCUT2D eigenvalue weighted by molar-refractivity contribution is 5.97. The fraction of sp³-hybridized carbons (Fsp3) is 0.360. The fourth-order valence-electron chi connectivity index (χ4n) is 4.13. The zero-order valence-electron chi connectivity index (χ0n) is 18.2. The maximum absolute atomic E-state index is 12.5. The van der Waals surface area contributed by atoms with Gasteiger partial charge in [-0.1, -0.05) is 24.3 Å². The SMILES string of the molecule is CC(C)(O)c1oc(=O)c2ccccc2c1-c1ccc(OC2CCCC2)c(OCC(N)=O)c1. The number of fused-ring (bicyclic) bond motifs is 1. The van der Waals surface area contributed by atoms with Crippen LogP contribution in [0.25, 0.3) is 21.9 Å². The third kappa shape index (κ3) is 4.48. The lowest BCUT2D eigenvalue weighted by Gasteiger charge is -2.22. The maximum atomic E-state index is 12.5. The van der Waals surface area contributed by atoms with Crippen LogP contribution in [0.4, 0.5) is 0 Å². The van der Waals surface area contributed by atoms with Gasteiger partial charge >= 0.3 is 5.63 Å². The van der Waals surface area contributed by atoms with Gasteiger partial charge in [0.25, 0.3) is 5.91 Å². The molecule has 1 heterocycles. The molecule has 1 aliphatic rings. The van der Waals surface area contributed by atoms with Crippen molar-refractivity contribution in [3.05, 3.63) is 58.6 Å². The molecule has 1 saturated carbocycles. The number of amides is 1. The van der Waals surface area contributed by atoms with Crippen LogP contribution in [0.5, 0.6) is 11.5 Å². The largest absolute Gasteiger partial charge is 0.487 e. The van der Waals surface area contributed by atoms with Crippen LogP contribution in [0, 0.1) is 0 Å². The average molecular weight is 437 g/mol. The molecule has 0 radical (unpaired) electrons. The fourth-order valence-corrected chi connectivity index (χ4v) is 4.13. The van der Waals surface area contributed by atoms with Gasteiger partial charge in [-0.05, 0) is 63.3 Å². The quantitative estimate of drug-likeness (QED) is 0.580. The van der Waals surface area contributed by atoms with Crippen molar-refractivity contribution >= 4 is 16.7 Å². The summed E-state index contributed by atoms with van der Waals surface area (Å²) in [5.74, 6) is 0.431. The Bertz CT molecular complexity index is 1200. The summed E-state index contributed by atoms with van der Waals surface area (Å²) in [6.07, 6.45) is 4.26. The van der Waals surface area contributed by atoms with Crippen molar-refractivity contribution in [1.82, 2.24) is 0 Å². The van der Waals surface area contributed by atoms with E-state index in [0.717, 1.165) is 25.7 Å². The van der Waals surface area contributed by atoms with E-state index in [9.17, 15) is 14.7 Å². The topological polar surface area (TPSA) is 112 Å². The minimum absolute atomic E-state index is 0.0966. The van der Waals surface area contributed by atoms with Crippen LogP contribution in [0.3, 0.4) is 0 Å². The molecule has 1 fully saturated rings. The minimum Gasteiger partial charge on any atom is -0.487 e. The van der Waals surface area contributed by atoms with Crippen LogP contribution in [-0.2, 0) is 10.4 Å². The molecule has 1 aliphatic carbocycles. The number of primary amides is 1. The summed E-state index contributed by atoms with van der Waals surface area (Å²) in [5, 5.41) is 11.8. The van der Waals surface area contributed by atoms with Gasteiger partial charge in [0.2, 0.25) is 0 Å². The monoisotopic (exact) mass is 437 g/mol. The molecule has 7 nitrogen and oxygen atoms in total. The summed E-state index contributed by atoms with van der Waals surface area (Å²) in [5.41, 5.74) is 4.58. The summed E-state index contributed by atoms with van der Waals surface area (Å²) in [7, 11) is 0. The van der Waals surface area contributed by atoms with Crippen molar-refractivity contribution in [3.63, 3.8) is 0 Å². The van der Waals surface area contributed by atoms with E-state index in [2.05, 4.69) is 0 Å². The lowest BCUT2D eigenvalue weighted by molar-refractivity contribution is -0.119. The first-order valence-corrected chi connectivity index (χ1v) is 10.7. The number of rotatable bonds is 7. The Morgan fingerprint density at radius 1 is 1.12 bits per heavy atom. The van der Waals surface area contributed by atoms with Gasteiger partial charge in [-0.3, -0.25) is 4.79 Å². The normalized spacial score (nSPS) is 14.6. The van der Waals surface area contributed by atoms with Crippen molar-refractivity contribution in [1.29, 1.82) is 0 Å². The minimum atomic E-state index is -1.41. The van der Waals surface area contributed by atoms with Gasteiger partial charge in [0.15, 0.2) is 18.1 Å². The molecule has 3 N–H and O–H groups in total. The van der Waals surface area contributed by atoms with Crippen molar-refractivity contribution < 1.29 is 23.8 Å². The highest BCUT2D eigenvalue weighted by Crippen LogP contribution is 2.40. The molecule has 3 aromatic rings. The molecule has 1 amide bonds. The molecule has 0 bridgehead atoms. The molecular weight excluding hydrogens is 410 g/mol. The Labute approximate surface area is 185 Å². The predicted octanol–water partition coefficient (Wildman–Crippen LogP) is 3.87. The van der Waals surface area contributed by atoms with E-state index in [4.69, 9.17) is 19.6 Å². The average Bonchev–Trinajstić information content (AvgIpc) is 3.25. The van der Waals surface area contributed by atoms with Crippen LogP contribution in [0.2, 0.25) is 0 Å². The second kappa shape index (κ2) is 8.67. The maximum Gasteiger partial charge on any atom is 0.343 e. The Morgan fingerprint density at radius 3 is 2.47 bits per heavy atom. The highest BCUT2D eigenvalue weighted by atomic mass is 16.5. The smallest absolute Gasteiger partial charge is 0.343 e. The van der Waals surface area contributed by atoms with Gasteiger partial charge in [-0.2, -0.15) is 0 Å². The van der Waals surface area contributed by atoms with Crippen molar-refractivity contribution in [2.75, 3.05) is 6.61 Å². The van der Waals surface area contributed by atoms with Crippen molar-refractivity contribution in [2.24, 2.45) is 5.73 Å². The van der Waals surface area contributed by atoms with E-state index in [-0.39, 0.29) is 18.5 Å². The molecule has 1 aromatic heterocycles. The van der Waals surface area contributed by atoms with E-state index in [1.807, 2.05) is 18.2 Å². The van der Waals surface area contributed by atoms with Crippen LogP contribution >= 0.6 is 0 Å². The highest BCUT2D eigenvalue weighted by Gasteiger charge is 2.28. The number of aliphatic hydroxyl groups is 1. The Morgan fingerprint density at radius 2 is 1.81 bits per heavy atom. The Balaban J connectivity index is 1.89. The summed E-state index contributed by atoms with van der Waals surface area (Å²) < 4.78 is 17.4. The zero-order chi connectivity index (χ0) is 22.9. The molecule has 32 heavy (non-hydrogen) atoms. The summed E-state index contributed by atoms with van der Waals surface area (Å²) in [6.45, 7) is 2.82. The van der Waals surface area contributed by atoms with E-state index in [0.29, 0.717) is 33.4 Å². The van der Waals surface area contributed by atoms with Crippen molar-refractivity contribution in [2.45, 2.75) is 51.2 Å². The second-order valence-corrected chi connectivity index (χ2v) is 8.64. The van der Waals surface area contributed by atoms with Crippen molar-refractivity contribution in [3.8, 4) is 22.6 Å². The molecule has 0 spiro atoms. The first kappa shape index (κ1) is 21.9. The molecule has 168 valence electrons. The summed E-state index contributed by atoms with van der Waals surface area (Å²) >= 11 is 0. The van der Waals surface area contributed by atoms with E-state index in [1.165, 1.54) is 0 Å². The zero-order valence-corrected chi connectivity index (χ0v) is 18.2. The molecule has 0 aliphatic heterocycles. The van der Waals surface area contributed by atoms with Gasteiger partial charge in [-0.15, -0.1) is 0 Å². The molecule has 0 saturated heterocycles. The number of carbonyl (C=O) groups excluding carboxylic acids is 1. The van der Waals surface area contributed by atoms with E-state index >= 15 is 0 Å². The summed E-state index contributed by atoms with van der Waals surface area (Å²) in [6, 6.07) is 12.4. The third-order valence-corrected chi connectivity index (χ3v) is 5.59. The van der Waals surface area contributed by atoms with Gasteiger partial charge in [0, 0.05) is 10.9 Å². The van der Waals surface area contributed by atoms with E-state index < -0.39 is 17.1 Å². The van der Waals surface area contributed by atoms with E-state index in [1.54, 1.807) is 38.1 Å².